The van der Waals surface area contributed by atoms with Crippen molar-refractivity contribution in [2.75, 3.05) is 12.7 Å². The van der Waals surface area contributed by atoms with E-state index in [4.69, 9.17) is 16.3 Å². The second kappa shape index (κ2) is 4.13. The highest BCUT2D eigenvalue weighted by Gasteiger charge is 2.13. The summed E-state index contributed by atoms with van der Waals surface area (Å²) in [4.78, 5) is 0. The molecule has 1 fully saturated rings. The Hall–Kier alpha value is 0.250. The molecular formula is C7H13ClO. The number of rotatable bonds is 3. The Bertz CT molecular complexity index is 69.3. The number of hydrogen-bond donors (Lipinski definition) is 0. The number of ether oxygens (including phenoxy) is 1. The largest absolute Gasteiger partial charge is 0.365 e. The molecule has 9 heavy (non-hydrogen) atoms. The topological polar surface area (TPSA) is 9.23 Å². The zero-order valence-corrected chi connectivity index (χ0v) is 6.36. The van der Waals surface area contributed by atoms with Crippen LogP contribution in [0.4, 0.5) is 0 Å². The third-order valence-electron chi connectivity index (χ3n) is 1.91. The first-order valence-electron chi connectivity index (χ1n) is 3.57. The fraction of sp³-hybridized carbons (Fsp3) is 1.00. The van der Waals surface area contributed by atoms with E-state index in [1.54, 1.807) is 0 Å². The van der Waals surface area contributed by atoms with Gasteiger partial charge < -0.3 is 4.74 Å². The van der Waals surface area contributed by atoms with Crippen molar-refractivity contribution < 1.29 is 4.74 Å². The van der Waals surface area contributed by atoms with E-state index >= 15 is 0 Å². The Morgan fingerprint density at radius 3 is 2.56 bits per heavy atom. The lowest BCUT2D eigenvalue weighted by molar-refractivity contribution is 0.139. The summed E-state index contributed by atoms with van der Waals surface area (Å²) in [7, 11) is 0. The molecule has 0 radical (unpaired) electrons. The van der Waals surface area contributed by atoms with Crippen LogP contribution >= 0.6 is 11.6 Å². The lowest BCUT2D eigenvalue weighted by Crippen LogP contribution is -2.03. The maximum atomic E-state index is 5.36. The Morgan fingerprint density at radius 2 is 2.00 bits per heavy atom. The van der Waals surface area contributed by atoms with E-state index in [1.807, 2.05) is 0 Å². The molecule has 1 rings (SSSR count). The molecule has 0 N–H and O–H groups in total. The van der Waals surface area contributed by atoms with Crippen LogP contribution in [0.2, 0.25) is 0 Å². The van der Waals surface area contributed by atoms with Gasteiger partial charge in [-0.05, 0) is 18.8 Å². The van der Waals surface area contributed by atoms with Gasteiger partial charge in [-0.2, -0.15) is 0 Å². The molecule has 0 amide bonds. The van der Waals surface area contributed by atoms with Crippen molar-refractivity contribution in [1.82, 2.24) is 0 Å². The lowest BCUT2D eigenvalue weighted by Gasteiger charge is -2.05. The molecule has 1 aliphatic carbocycles. The van der Waals surface area contributed by atoms with Crippen molar-refractivity contribution >= 4 is 11.6 Å². The van der Waals surface area contributed by atoms with Gasteiger partial charge in [-0.25, -0.2) is 0 Å². The molecule has 1 nitrogen and oxygen atoms in total. The molecule has 0 aromatic heterocycles. The van der Waals surface area contributed by atoms with Crippen LogP contribution in [0.3, 0.4) is 0 Å². The van der Waals surface area contributed by atoms with E-state index in [0.29, 0.717) is 6.07 Å². The third-order valence-corrected chi connectivity index (χ3v) is 2.06. The summed E-state index contributed by atoms with van der Waals surface area (Å²) >= 11 is 5.36. The average molecular weight is 149 g/mol. The number of halogens is 1. The minimum atomic E-state index is 0.358. The molecule has 2 heteroatoms. The highest BCUT2D eigenvalue weighted by molar-refractivity contribution is 6.17. The van der Waals surface area contributed by atoms with Gasteiger partial charge in [-0.1, -0.05) is 24.4 Å². The summed E-state index contributed by atoms with van der Waals surface area (Å²) in [5, 5.41) is 0. The monoisotopic (exact) mass is 148 g/mol. The second-order valence-electron chi connectivity index (χ2n) is 2.63. The van der Waals surface area contributed by atoms with Gasteiger partial charge in [0.05, 0.1) is 6.61 Å². The van der Waals surface area contributed by atoms with Gasteiger partial charge in [0.25, 0.3) is 0 Å². The van der Waals surface area contributed by atoms with Crippen LogP contribution in [-0.4, -0.2) is 12.7 Å². The molecule has 0 saturated heterocycles. The molecule has 0 heterocycles. The molecule has 0 aliphatic heterocycles. The van der Waals surface area contributed by atoms with Crippen molar-refractivity contribution in [3.05, 3.63) is 0 Å². The van der Waals surface area contributed by atoms with Crippen molar-refractivity contribution in [3.8, 4) is 0 Å². The van der Waals surface area contributed by atoms with Crippen LogP contribution in [0, 0.1) is 5.92 Å². The predicted molar refractivity (Wildman–Crippen MR) is 38.6 cm³/mol. The molecule has 0 atom stereocenters. The van der Waals surface area contributed by atoms with Crippen LogP contribution < -0.4 is 0 Å². The second-order valence-corrected chi connectivity index (χ2v) is 2.85. The third kappa shape index (κ3) is 2.55. The first-order valence-corrected chi connectivity index (χ1v) is 4.10. The molecule has 0 aromatic rings. The van der Waals surface area contributed by atoms with E-state index in [0.717, 1.165) is 12.5 Å². The van der Waals surface area contributed by atoms with E-state index in [2.05, 4.69) is 0 Å². The fourth-order valence-corrected chi connectivity index (χ4v) is 1.48. The predicted octanol–water partition coefficient (Wildman–Crippen LogP) is 2.39. The highest BCUT2D eigenvalue weighted by Crippen LogP contribution is 2.24. The van der Waals surface area contributed by atoms with Crippen LogP contribution in [-0.2, 0) is 4.74 Å². The van der Waals surface area contributed by atoms with Crippen LogP contribution in [0.1, 0.15) is 25.7 Å². The first kappa shape index (κ1) is 7.36. The summed E-state index contributed by atoms with van der Waals surface area (Å²) in [6.07, 6.45) is 5.46. The zero-order valence-electron chi connectivity index (χ0n) is 5.61. The fourth-order valence-electron chi connectivity index (χ4n) is 1.39. The average Bonchev–Trinajstić information content (AvgIpc) is 2.34. The van der Waals surface area contributed by atoms with Gasteiger partial charge in [-0.15, -0.1) is 0 Å². The molecular weight excluding hydrogens is 136 g/mol. The van der Waals surface area contributed by atoms with E-state index in [-0.39, 0.29) is 0 Å². The standard InChI is InChI=1S/C7H13ClO/c8-6-9-5-7-3-1-2-4-7/h7H,1-6H2. The van der Waals surface area contributed by atoms with Gasteiger partial charge in [-0.3, -0.25) is 0 Å². The lowest BCUT2D eigenvalue weighted by atomic mass is 10.1. The smallest absolute Gasteiger partial charge is 0.120 e. The highest BCUT2D eigenvalue weighted by atomic mass is 35.5. The minimum absolute atomic E-state index is 0.358. The zero-order chi connectivity index (χ0) is 6.53. The first-order chi connectivity index (χ1) is 4.43. The normalized spacial score (nSPS) is 21.0. The van der Waals surface area contributed by atoms with Gasteiger partial charge in [0.1, 0.15) is 6.07 Å². The maximum absolute atomic E-state index is 5.36. The van der Waals surface area contributed by atoms with Gasteiger partial charge in [0.15, 0.2) is 0 Å². The molecule has 0 bridgehead atoms. The maximum Gasteiger partial charge on any atom is 0.120 e. The van der Waals surface area contributed by atoms with Crippen LogP contribution in [0.5, 0.6) is 0 Å². The van der Waals surface area contributed by atoms with E-state index < -0.39 is 0 Å². The van der Waals surface area contributed by atoms with Crippen molar-refractivity contribution in [3.63, 3.8) is 0 Å². The Morgan fingerprint density at radius 1 is 1.33 bits per heavy atom. The van der Waals surface area contributed by atoms with Gasteiger partial charge in [0.2, 0.25) is 0 Å². The molecule has 0 aromatic carbocycles. The summed E-state index contributed by atoms with van der Waals surface area (Å²) < 4.78 is 5.08. The summed E-state index contributed by atoms with van der Waals surface area (Å²) in [6, 6.07) is 0.358. The van der Waals surface area contributed by atoms with Crippen LogP contribution in [0.25, 0.3) is 0 Å². The Balaban J connectivity index is 1.98. The molecule has 54 valence electrons. The quantitative estimate of drug-likeness (QED) is 0.559. The minimum Gasteiger partial charge on any atom is -0.365 e. The Kier molecular flexibility index (Phi) is 3.37. The summed E-state index contributed by atoms with van der Waals surface area (Å²) in [5.41, 5.74) is 0. The molecule has 1 saturated carbocycles. The van der Waals surface area contributed by atoms with Crippen molar-refractivity contribution in [2.45, 2.75) is 25.7 Å². The van der Waals surface area contributed by atoms with E-state index in [9.17, 15) is 0 Å². The number of alkyl halides is 1. The Labute approximate surface area is 61.3 Å². The SMILES string of the molecule is ClCOCC1CCCC1. The summed E-state index contributed by atoms with van der Waals surface area (Å²) in [5.74, 6) is 0.809. The van der Waals surface area contributed by atoms with Gasteiger partial charge >= 0.3 is 0 Å². The van der Waals surface area contributed by atoms with Gasteiger partial charge in [0, 0.05) is 0 Å². The van der Waals surface area contributed by atoms with Crippen molar-refractivity contribution in [1.29, 1.82) is 0 Å². The number of hydrogen-bond acceptors (Lipinski definition) is 1. The van der Waals surface area contributed by atoms with E-state index in [1.165, 1.54) is 25.7 Å². The van der Waals surface area contributed by atoms with Crippen LogP contribution in [0.15, 0.2) is 0 Å². The summed E-state index contributed by atoms with van der Waals surface area (Å²) in [6.45, 7) is 0.878. The van der Waals surface area contributed by atoms with Crippen molar-refractivity contribution in [2.24, 2.45) is 5.92 Å². The molecule has 1 aliphatic rings. The molecule has 0 spiro atoms. The molecule has 0 unspecified atom stereocenters.